The van der Waals surface area contributed by atoms with Gasteiger partial charge < -0.3 is 10.3 Å². The van der Waals surface area contributed by atoms with Crippen molar-refractivity contribution in [1.82, 2.24) is 15.0 Å². The van der Waals surface area contributed by atoms with E-state index in [9.17, 15) is 0 Å². The number of nitrogens with one attached hydrogen (secondary N) is 2. The van der Waals surface area contributed by atoms with Gasteiger partial charge in [-0.3, -0.25) is 0 Å². The van der Waals surface area contributed by atoms with Crippen LogP contribution in [0.15, 0.2) is 24.4 Å². The second-order valence-corrected chi connectivity index (χ2v) is 5.33. The lowest BCUT2D eigenvalue weighted by atomic mass is 9.95. The van der Waals surface area contributed by atoms with Gasteiger partial charge in [0.05, 0.1) is 11.4 Å². The summed E-state index contributed by atoms with van der Waals surface area (Å²) in [6.45, 7) is 9.28. The van der Waals surface area contributed by atoms with E-state index < -0.39 is 0 Å². The Balaban J connectivity index is 2.50. The Hall–Kier alpha value is -1.84. The van der Waals surface area contributed by atoms with Gasteiger partial charge in [0.2, 0.25) is 0 Å². The summed E-state index contributed by atoms with van der Waals surface area (Å²) in [4.78, 5) is 12.4. The highest BCUT2D eigenvalue weighted by atomic mass is 15.0. The van der Waals surface area contributed by atoms with Gasteiger partial charge in [-0.1, -0.05) is 20.8 Å². The summed E-state index contributed by atoms with van der Waals surface area (Å²) in [6.07, 6.45) is 1.90. The Labute approximate surface area is 108 Å². The van der Waals surface area contributed by atoms with Crippen LogP contribution >= 0.6 is 0 Å². The van der Waals surface area contributed by atoms with E-state index in [0.717, 1.165) is 29.6 Å². The van der Waals surface area contributed by atoms with Crippen LogP contribution in [0.1, 0.15) is 33.5 Å². The fraction of sp³-hybridized carbons (Fsp3) is 0.429. The molecule has 0 bridgehead atoms. The zero-order valence-corrected chi connectivity index (χ0v) is 11.4. The van der Waals surface area contributed by atoms with Crippen LogP contribution in [0.2, 0.25) is 0 Å². The Kier molecular flexibility index (Phi) is 3.36. The maximum absolute atomic E-state index is 4.65. The van der Waals surface area contributed by atoms with Crippen LogP contribution < -0.4 is 5.32 Å². The van der Waals surface area contributed by atoms with Crippen molar-refractivity contribution in [2.45, 2.75) is 33.1 Å². The fourth-order valence-electron chi connectivity index (χ4n) is 1.68. The second-order valence-electron chi connectivity index (χ2n) is 5.33. The van der Waals surface area contributed by atoms with Crippen LogP contribution in [0.25, 0.3) is 11.4 Å². The van der Waals surface area contributed by atoms with E-state index in [0.29, 0.717) is 0 Å². The fourth-order valence-corrected chi connectivity index (χ4v) is 1.68. The van der Waals surface area contributed by atoms with E-state index in [1.54, 1.807) is 0 Å². The average molecular weight is 244 g/mol. The lowest BCUT2D eigenvalue weighted by Gasteiger charge is -2.18. The molecule has 0 unspecified atom stereocenters. The van der Waals surface area contributed by atoms with Crippen LogP contribution in [0, 0.1) is 0 Å². The first-order valence-electron chi connectivity index (χ1n) is 6.28. The van der Waals surface area contributed by atoms with Crippen molar-refractivity contribution in [3.63, 3.8) is 0 Å². The van der Waals surface area contributed by atoms with Crippen molar-refractivity contribution in [3.8, 4) is 11.4 Å². The normalized spacial score (nSPS) is 11.6. The zero-order valence-electron chi connectivity index (χ0n) is 11.4. The third-order valence-electron chi connectivity index (χ3n) is 2.63. The maximum atomic E-state index is 4.65. The first-order valence-corrected chi connectivity index (χ1v) is 6.28. The third-order valence-corrected chi connectivity index (χ3v) is 2.63. The first-order chi connectivity index (χ1) is 8.50. The molecular weight excluding hydrogens is 224 g/mol. The summed E-state index contributed by atoms with van der Waals surface area (Å²) >= 11 is 0. The van der Waals surface area contributed by atoms with Gasteiger partial charge in [-0.05, 0) is 19.1 Å². The zero-order chi connectivity index (χ0) is 13.2. The van der Waals surface area contributed by atoms with E-state index >= 15 is 0 Å². The smallest absolute Gasteiger partial charge is 0.136 e. The van der Waals surface area contributed by atoms with Crippen LogP contribution in [-0.4, -0.2) is 21.5 Å². The molecule has 18 heavy (non-hydrogen) atoms. The van der Waals surface area contributed by atoms with Crippen molar-refractivity contribution in [3.05, 3.63) is 30.2 Å². The van der Waals surface area contributed by atoms with Gasteiger partial charge in [-0.15, -0.1) is 0 Å². The molecule has 96 valence electrons. The minimum Gasteiger partial charge on any atom is -0.370 e. The van der Waals surface area contributed by atoms with Crippen molar-refractivity contribution < 1.29 is 0 Å². The molecule has 0 radical (unpaired) electrons. The molecule has 0 aliphatic rings. The molecule has 2 heterocycles. The molecule has 4 heteroatoms. The molecule has 0 saturated carbocycles. The van der Waals surface area contributed by atoms with Gasteiger partial charge in [0.15, 0.2) is 0 Å². The van der Waals surface area contributed by atoms with E-state index in [4.69, 9.17) is 0 Å². The Morgan fingerprint density at radius 3 is 2.61 bits per heavy atom. The number of H-pyrrole nitrogens is 1. The number of hydrogen-bond donors (Lipinski definition) is 2. The van der Waals surface area contributed by atoms with Gasteiger partial charge in [0.25, 0.3) is 0 Å². The molecule has 0 atom stereocenters. The Morgan fingerprint density at radius 1 is 1.28 bits per heavy atom. The molecule has 2 aromatic heterocycles. The predicted octanol–water partition coefficient (Wildman–Crippen LogP) is 3.20. The monoisotopic (exact) mass is 244 g/mol. The Bertz CT molecular complexity index is 509. The molecule has 0 aliphatic carbocycles. The summed E-state index contributed by atoms with van der Waals surface area (Å²) in [6, 6.07) is 5.97. The van der Waals surface area contributed by atoms with Crippen LogP contribution in [-0.2, 0) is 5.41 Å². The SMILES string of the molecule is CCNc1cc(-c2ccc[nH]2)nc(C(C)(C)C)n1. The summed E-state index contributed by atoms with van der Waals surface area (Å²) in [5, 5.41) is 3.26. The van der Waals surface area contributed by atoms with Crippen molar-refractivity contribution in [1.29, 1.82) is 0 Å². The Morgan fingerprint density at radius 2 is 2.06 bits per heavy atom. The summed E-state index contributed by atoms with van der Waals surface area (Å²) < 4.78 is 0. The van der Waals surface area contributed by atoms with Gasteiger partial charge in [-0.25, -0.2) is 9.97 Å². The summed E-state index contributed by atoms with van der Waals surface area (Å²) in [5.41, 5.74) is 1.88. The lowest BCUT2D eigenvalue weighted by molar-refractivity contribution is 0.546. The highest BCUT2D eigenvalue weighted by Crippen LogP contribution is 2.24. The minimum absolute atomic E-state index is 0.0627. The quantitative estimate of drug-likeness (QED) is 0.871. The molecule has 2 N–H and O–H groups in total. The highest BCUT2D eigenvalue weighted by Gasteiger charge is 2.19. The maximum Gasteiger partial charge on any atom is 0.136 e. The molecule has 0 spiro atoms. The van der Waals surface area contributed by atoms with Gasteiger partial charge in [0.1, 0.15) is 11.6 Å². The largest absolute Gasteiger partial charge is 0.370 e. The van der Waals surface area contributed by atoms with Gasteiger partial charge in [0, 0.05) is 24.2 Å². The van der Waals surface area contributed by atoms with Gasteiger partial charge in [-0.2, -0.15) is 0 Å². The van der Waals surface area contributed by atoms with Crippen molar-refractivity contribution in [2.24, 2.45) is 0 Å². The van der Waals surface area contributed by atoms with Crippen molar-refractivity contribution in [2.75, 3.05) is 11.9 Å². The van der Waals surface area contributed by atoms with Crippen LogP contribution in [0.4, 0.5) is 5.82 Å². The topological polar surface area (TPSA) is 53.6 Å². The molecular formula is C14H20N4. The van der Waals surface area contributed by atoms with Gasteiger partial charge >= 0.3 is 0 Å². The van der Waals surface area contributed by atoms with E-state index in [-0.39, 0.29) is 5.41 Å². The minimum atomic E-state index is -0.0627. The van der Waals surface area contributed by atoms with Crippen molar-refractivity contribution >= 4 is 5.82 Å². The molecule has 4 nitrogen and oxygen atoms in total. The van der Waals surface area contributed by atoms with E-state index in [1.807, 2.05) is 24.4 Å². The summed E-state index contributed by atoms with van der Waals surface area (Å²) in [7, 11) is 0. The molecule has 0 aromatic carbocycles. The molecule has 2 rings (SSSR count). The number of aromatic nitrogens is 3. The molecule has 0 amide bonds. The molecule has 0 saturated heterocycles. The standard InChI is InChI=1S/C14H20N4/c1-5-15-12-9-11(10-7-6-8-16-10)17-13(18-12)14(2,3)4/h6-9,16H,5H2,1-4H3,(H,15,17,18). The van der Waals surface area contributed by atoms with Crippen LogP contribution in [0.3, 0.4) is 0 Å². The number of rotatable bonds is 3. The molecule has 0 aliphatic heterocycles. The highest BCUT2D eigenvalue weighted by molar-refractivity contribution is 5.59. The van der Waals surface area contributed by atoms with E-state index in [1.165, 1.54) is 0 Å². The third kappa shape index (κ3) is 2.70. The number of nitrogens with zero attached hydrogens (tertiary/aromatic N) is 2. The molecule has 0 fully saturated rings. The van der Waals surface area contributed by atoms with Crippen LogP contribution in [0.5, 0.6) is 0 Å². The first kappa shape index (κ1) is 12.6. The number of aromatic amines is 1. The number of anilines is 1. The number of hydrogen-bond acceptors (Lipinski definition) is 3. The predicted molar refractivity (Wildman–Crippen MR) is 74.7 cm³/mol. The lowest BCUT2D eigenvalue weighted by Crippen LogP contribution is -2.17. The van der Waals surface area contributed by atoms with E-state index in [2.05, 4.69) is 48.0 Å². The summed E-state index contributed by atoms with van der Waals surface area (Å²) in [5.74, 6) is 1.73. The molecule has 2 aromatic rings. The second kappa shape index (κ2) is 4.80. The average Bonchev–Trinajstić information content (AvgIpc) is 2.81.